The van der Waals surface area contributed by atoms with Crippen molar-refractivity contribution in [2.45, 2.75) is 6.42 Å². The largest absolute Gasteiger partial charge is 0.494 e. The fourth-order valence-electron chi connectivity index (χ4n) is 1.12. The molecule has 3 heteroatoms. The lowest BCUT2D eigenvalue weighted by molar-refractivity contribution is 0.412. The predicted octanol–water partition coefficient (Wildman–Crippen LogP) is 1.71. The predicted molar refractivity (Wildman–Crippen MR) is 58.4 cm³/mol. The molecule has 0 saturated carbocycles. The molecule has 1 N–H and O–H groups in total. The summed E-state index contributed by atoms with van der Waals surface area (Å²) in [5.41, 5.74) is 0.881. The molecule has 0 amide bonds. The molecule has 0 aliphatic carbocycles. The van der Waals surface area contributed by atoms with Crippen LogP contribution in [0.15, 0.2) is 24.4 Å². The van der Waals surface area contributed by atoms with Gasteiger partial charge in [0.15, 0.2) is 0 Å². The van der Waals surface area contributed by atoms with E-state index in [0.717, 1.165) is 24.4 Å². The summed E-state index contributed by atoms with van der Waals surface area (Å²) in [7, 11) is 3.59. The van der Waals surface area contributed by atoms with Crippen LogP contribution >= 0.6 is 0 Å². The van der Waals surface area contributed by atoms with E-state index in [9.17, 15) is 0 Å². The number of nitrogens with one attached hydrogen (secondary N) is 1. The van der Waals surface area contributed by atoms with E-state index >= 15 is 0 Å². The van der Waals surface area contributed by atoms with Gasteiger partial charge in [-0.3, -0.25) is 4.98 Å². The topological polar surface area (TPSA) is 34.2 Å². The molecule has 0 radical (unpaired) electrons. The van der Waals surface area contributed by atoms with E-state index in [1.165, 1.54) is 0 Å². The van der Waals surface area contributed by atoms with Crippen molar-refractivity contribution in [2.24, 2.45) is 0 Å². The van der Waals surface area contributed by atoms with Crippen molar-refractivity contribution in [1.82, 2.24) is 10.3 Å². The first-order valence-corrected chi connectivity index (χ1v) is 4.68. The van der Waals surface area contributed by atoms with E-state index in [0.29, 0.717) is 0 Å². The third-order valence-electron chi connectivity index (χ3n) is 1.86. The Morgan fingerprint density at radius 2 is 2.43 bits per heavy atom. The van der Waals surface area contributed by atoms with Gasteiger partial charge in [-0.25, -0.2) is 0 Å². The average molecular weight is 192 g/mol. The lowest BCUT2D eigenvalue weighted by Gasteiger charge is -2.01. The molecule has 1 heterocycles. The fraction of sp³-hybridized carbons (Fsp3) is 0.364. The molecular weight excluding hydrogens is 176 g/mol. The summed E-state index contributed by atoms with van der Waals surface area (Å²) in [6.45, 7) is 0.978. The van der Waals surface area contributed by atoms with Crippen LogP contribution in [0.25, 0.3) is 6.08 Å². The molecule has 0 atom stereocenters. The summed E-state index contributed by atoms with van der Waals surface area (Å²) in [6, 6.07) is 3.77. The minimum Gasteiger partial charge on any atom is -0.494 e. The summed E-state index contributed by atoms with van der Waals surface area (Å²) in [5, 5.41) is 3.08. The molecule has 1 rings (SSSR count). The van der Waals surface area contributed by atoms with Gasteiger partial charge >= 0.3 is 0 Å². The Kier molecular flexibility index (Phi) is 4.72. The van der Waals surface area contributed by atoms with Crippen molar-refractivity contribution < 1.29 is 4.74 Å². The van der Waals surface area contributed by atoms with E-state index in [1.54, 1.807) is 13.3 Å². The van der Waals surface area contributed by atoms with Crippen LogP contribution in [-0.4, -0.2) is 25.7 Å². The van der Waals surface area contributed by atoms with Gasteiger partial charge < -0.3 is 10.1 Å². The van der Waals surface area contributed by atoms with Gasteiger partial charge in [0, 0.05) is 6.20 Å². The monoisotopic (exact) mass is 192 g/mol. The Bertz CT molecular complexity index is 297. The molecule has 0 fully saturated rings. The van der Waals surface area contributed by atoms with E-state index in [1.807, 2.05) is 25.3 Å². The molecule has 1 aromatic heterocycles. The average Bonchev–Trinajstić information content (AvgIpc) is 2.25. The highest BCUT2D eigenvalue weighted by molar-refractivity contribution is 5.52. The van der Waals surface area contributed by atoms with Gasteiger partial charge in [0.1, 0.15) is 11.4 Å². The molecule has 0 saturated heterocycles. The molecular formula is C11H16N2O. The third kappa shape index (κ3) is 3.18. The van der Waals surface area contributed by atoms with E-state index in [4.69, 9.17) is 4.74 Å². The van der Waals surface area contributed by atoms with Crippen LogP contribution in [0.2, 0.25) is 0 Å². The first kappa shape index (κ1) is 10.7. The highest BCUT2D eigenvalue weighted by Gasteiger charge is 1.96. The Balaban J connectivity index is 2.61. The van der Waals surface area contributed by atoms with Gasteiger partial charge in [-0.1, -0.05) is 6.08 Å². The summed E-state index contributed by atoms with van der Waals surface area (Å²) in [4.78, 5) is 4.21. The van der Waals surface area contributed by atoms with Crippen LogP contribution in [0.3, 0.4) is 0 Å². The van der Waals surface area contributed by atoms with Gasteiger partial charge in [0.25, 0.3) is 0 Å². The Morgan fingerprint density at radius 1 is 1.57 bits per heavy atom. The standard InChI is InChI=1S/C11H16N2O/c1-12-8-4-3-6-10-11(14-2)7-5-9-13-10/h3,5-7,9,12H,4,8H2,1-2H3. The number of pyridine rings is 1. The Hall–Kier alpha value is -1.35. The highest BCUT2D eigenvalue weighted by Crippen LogP contribution is 2.15. The molecule has 0 bridgehead atoms. The second-order valence-corrected chi connectivity index (χ2v) is 2.89. The van der Waals surface area contributed by atoms with Gasteiger partial charge in [-0.05, 0) is 38.2 Å². The number of hydrogen-bond donors (Lipinski definition) is 1. The minimum absolute atomic E-state index is 0.813. The number of rotatable bonds is 5. The Labute approximate surface area is 84.8 Å². The normalized spacial score (nSPS) is 10.7. The maximum atomic E-state index is 5.17. The van der Waals surface area contributed by atoms with E-state index < -0.39 is 0 Å². The van der Waals surface area contributed by atoms with Crippen LogP contribution in [0.4, 0.5) is 0 Å². The van der Waals surface area contributed by atoms with Crippen LogP contribution in [0, 0.1) is 0 Å². The smallest absolute Gasteiger partial charge is 0.144 e. The maximum absolute atomic E-state index is 5.17. The lowest BCUT2D eigenvalue weighted by atomic mass is 10.2. The molecule has 76 valence electrons. The van der Waals surface area contributed by atoms with E-state index in [2.05, 4.69) is 16.4 Å². The second-order valence-electron chi connectivity index (χ2n) is 2.89. The van der Waals surface area contributed by atoms with Crippen molar-refractivity contribution in [1.29, 1.82) is 0 Å². The van der Waals surface area contributed by atoms with Crippen molar-refractivity contribution >= 4 is 6.08 Å². The van der Waals surface area contributed by atoms with Crippen molar-refractivity contribution in [2.75, 3.05) is 20.7 Å². The molecule has 14 heavy (non-hydrogen) atoms. The van der Waals surface area contributed by atoms with Gasteiger partial charge in [0.05, 0.1) is 7.11 Å². The van der Waals surface area contributed by atoms with Crippen molar-refractivity contribution in [3.63, 3.8) is 0 Å². The minimum atomic E-state index is 0.813. The van der Waals surface area contributed by atoms with Crippen molar-refractivity contribution in [3.05, 3.63) is 30.1 Å². The summed E-state index contributed by atoms with van der Waals surface area (Å²) >= 11 is 0. The quantitative estimate of drug-likeness (QED) is 0.721. The van der Waals surface area contributed by atoms with Crippen LogP contribution in [0.1, 0.15) is 12.1 Å². The van der Waals surface area contributed by atoms with Crippen LogP contribution < -0.4 is 10.1 Å². The summed E-state index contributed by atoms with van der Waals surface area (Å²) < 4.78 is 5.17. The number of aromatic nitrogens is 1. The van der Waals surface area contributed by atoms with Gasteiger partial charge in [0.2, 0.25) is 0 Å². The van der Waals surface area contributed by atoms with E-state index in [-0.39, 0.29) is 0 Å². The SMILES string of the molecule is CNCCC=Cc1ncccc1OC. The second kappa shape index (κ2) is 6.16. The zero-order valence-corrected chi connectivity index (χ0v) is 8.66. The number of ether oxygens (including phenoxy) is 1. The first-order chi connectivity index (χ1) is 6.88. The van der Waals surface area contributed by atoms with Crippen LogP contribution in [-0.2, 0) is 0 Å². The molecule has 0 aromatic carbocycles. The summed E-state index contributed by atoms with van der Waals surface area (Å²) in [5.74, 6) is 0.813. The third-order valence-corrected chi connectivity index (χ3v) is 1.86. The van der Waals surface area contributed by atoms with Crippen LogP contribution in [0.5, 0.6) is 5.75 Å². The first-order valence-electron chi connectivity index (χ1n) is 4.68. The van der Waals surface area contributed by atoms with Gasteiger partial charge in [-0.2, -0.15) is 0 Å². The molecule has 0 aliphatic rings. The number of nitrogens with zero attached hydrogens (tertiary/aromatic N) is 1. The maximum Gasteiger partial charge on any atom is 0.144 e. The molecule has 1 aromatic rings. The lowest BCUT2D eigenvalue weighted by Crippen LogP contribution is -2.05. The molecule has 3 nitrogen and oxygen atoms in total. The highest BCUT2D eigenvalue weighted by atomic mass is 16.5. The van der Waals surface area contributed by atoms with Gasteiger partial charge in [-0.15, -0.1) is 0 Å². The number of methoxy groups -OCH3 is 1. The molecule has 0 unspecified atom stereocenters. The fourth-order valence-corrected chi connectivity index (χ4v) is 1.12. The Morgan fingerprint density at radius 3 is 3.14 bits per heavy atom. The van der Waals surface area contributed by atoms with Crippen molar-refractivity contribution in [3.8, 4) is 5.75 Å². The summed E-state index contributed by atoms with van der Waals surface area (Å²) in [6.07, 6.45) is 6.83. The molecule has 0 spiro atoms. The zero-order valence-electron chi connectivity index (χ0n) is 8.66. The molecule has 0 aliphatic heterocycles. The zero-order chi connectivity index (χ0) is 10.2. The number of hydrogen-bond acceptors (Lipinski definition) is 3.